The lowest BCUT2D eigenvalue weighted by Gasteiger charge is -2.36. The number of carbonyl (C=O) groups excluding carboxylic acids is 1. The summed E-state index contributed by atoms with van der Waals surface area (Å²) in [4.78, 5) is 26.7. The molecular weight excluding hydrogens is 464 g/mol. The van der Waals surface area contributed by atoms with Crippen LogP contribution in [-0.2, 0) is 10.3 Å². The number of nitrogens with one attached hydrogen (secondary N) is 1. The monoisotopic (exact) mass is 479 g/mol. The number of nitrogens with two attached hydrogens (primary N) is 2. The van der Waals surface area contributed by atoms with Gasteiger partial charge in [-0.05, 0) is 19.1 Å². The van der Waals surface area contributed by atoms with Crippen LogP contribution in [0.5, 0.6) is 5.88 Å². The summed E-state index contributed by atoms with van der Waals surface area (Å²) in [6, 6.07) is 1.13. The van der Waals surface area contributed by atoms with Crippen LogP contribution in [0, 0.1) is 5.82 Å². The third-order valence-corrected chi connectivity index (χ3v) is 4.37. The molecule has 0 fully saturated rings. The molecule has 2 aromatic rings. The molecule has 0 radical (unpaired) electrons. The molecule has 1 aliphatic heterocycles. The molecule has 1 unspecified atom stereocenters. The van der Waals surface area contributed by atoms with Gasteiger partial charge >= 0.3 is 12.1 Å². The van der Waals surface area contributed by atoms with E-state index in [1.807, 2.05) is 0 Å². The first-order valence-electron chi connectivity index (χ1n) is 8.88. The predicted octanol–water partition coefficient (Wildman–Crippen LogP) is 1.98. The fourth-order valence-corrected chi connectivity index (χ4v) is 2.68. The van der Waals surface area contributed by atoms with E-state index in [0.717, 1.165) is 25.3 Å². The summed E-state index contributed by atoms with van der Waals surface area (Å²) >= 11 is 0. The summed E-state index contributed by atoms with van der Waals surface area (Å²) in [7, 11) is 0. The van der Waals surface area contributed by atoms with Gasteiger partial charge in [-0.3, -0.25) is 4.79 Å². The van der Waals surface area contributed by atoms with Crippen molar-refractivity contribution < 1.29 is 40.6 Å². The van der Waals surface area contributed by atoms with E-state index in [1.165, 1.54) is 0 Å². The van der Waals surface area contributed by atoms with E-state index in [-0.39, 0.29) is 5.82 Å². The summed E-state index contributed by atoms with van der Waals surface area (Å²) in [6.45, 7) is -1.94. The van der Waals surface area contributed by atoms with E-state index in [0.29, 0.717) is 0 Å². The van der Waals surface area contributed by atoms with Crippen molar-refractivity contribution in [1.82, 2.24) is 15.0 Å². The lowest BCUT2D eigenvalue weighted by atomic mass is 9.89. The van der Waals surface area contributed by atoms with Crippen molar-refractivity contribution in [3.8, 4) is 5.88 Å². The van der Waals surface area contributed by atoms with Crippen LogP contribution in [0.1, 0.15) is 23.1 Å². The molecule has 16 heteroatoms. The molecule has 0 aromatic carbocycles. The molecule has 33 heavy (non-hydrogen) atoms. The van der Waals surface area contributed by atoms with Gasteiger partial charge in [-0.25, -0.2) is 19.4 Å². The van der Waals surface area contributed by atoms with Crippen molar-refractivity contribution in [2.45, 2.75) is 24.6 Å². The Hall–Kier alpha value is -3.85. The molecule has 178 valence electrons. The number of hydrogen-bond acceptors (Lipinski definition) is 9. The highest BCUT2D eigenvalue weighted by Gasteiger charge is 2.57. The molecule has 0 saturated heterocycles. The number of anilines is 2. The number of carbonyl (C=O) groups is 1. The van der Waals surface area contributed by atoms with Gasteiger partial charge in [0.25, 0.3) is 11.9 Å². The second kappa shape index (κ2) is 8.25. The zero-order chi connectivity index (χ0) is 24.6. The van der Waals surface area contributed by atoms with Crippen LogP contribution in [0.25, 0.3) is 0 Å². The fourth-order valence-electron chi connectivity index (χ4n) is 2.68. The van der Waals surface area contributed by atoms with Gasteiger partial charge in [-0.15, -0.1) is 0 Å². The number of alkyl halides is 5. The molecule has 2 aromatic heterocycles. The van der Waals surface area contributed by atoms with E-state index in [2.05, 4.69) is 34.7 Å². The summed E-state index contributed by atoms with van der Waals surface area (Å²) in [5, 5.41) is 2.16. The maximum Gasteiger partial charge on any atom is 0.422 e. The topological polar surface area (TPSA) is 151 Å². The summed E-state index contributed by atoms with van der Waals surface area (Å²) < 4.78 is 88.9. The Bertz CT molecular complexity index is 1110. The van der Waals surface area contributed by atoms with E-state index in [1.54, 1.807) is 0 Å². The average molecular weight is 479 g/mol. The predicted molar refractivity (Wildman–Crippen MR) is 100 cm³/mol. The van der Waals surface area contributed by atoms with Crippen LogP contribution >= 0.6 is 0 Å². The smallest absolute Gasteiger partial charge is 0.422 e. The SMILES string of the molecule is CC1(c2nc(NC(=O)c3ncc(OCC(F)(F)F)nc3N)ccc2F)N=C(N)OCC1(F)F. The molecule has 0 aliphatic carbocycles. The van der Waals surface area contributed by atoms with E-state index < -0.39 is 71.7 Å². The van der Waals surface area contributed by atoms with Crippen LogP contribution in [0.3, 0.4) is 0 Å². The molecule has 0 bridgehead atoms. The Morgan fingerprint density at radius 2 is 1.97 bits per heavy atom. The zero-order valence-corrected chi connectivity index (χ0v) is 16.6. The Morgan fingerprint density at radius 3 is 2.61 bits per heavy atom. The van der Waals surface area contributed by atoms with Crippen LogP contribution in [-0.4, -0.2) is 52.2 Å². The normalized spacial score (nSPS) is 19.9. The largest absolute Gasteiger partial charge is 0.467 e. The molecule has 0 saturated carbocycles. The number of rotatable bonds is 5. The van der Waals surface area contributed by atoms with Gasteiger partial charge in [0, 0.05) is 0 Å². The van der Waals surface area contributed by atoms with Crippen LogP contribution in [0.4, 0.5) is 38.0 Å². The highest BCUT2D eigenvalue weighted by molar-refractivity contribution is 6.05. The minimum absolute atomic E-state index is 0.382. The summed E-state index contributed by atoms with van der Waals surface area (Å²) in [6.07, 6.45) is -3.91. The molecule has 1 amide bonds. The van der Waals surface area contributed by atoms with Gasteiger partial charge in [0.1, 0.15) is 17.3 Å². The molecule has 10 nitrogen and oxygen atoms in total. The molecule has 1 atom stereocenters. The molecule has 3 heterocycles. The van der Waals surface area contributed by atoms with E-state index in [4.69, 9.17) is 11.5 Å². The highest BCUT2D eigenvalue weighted by Crippen LogP contribution is 2.43. The first kappa shape index (κ1) is 23.8. The Balaban J connectivity index is 1.85. The van der Waals surface area contributed by atoms with Crippen molar-refractivity contribution in [2.24, 2.45) is 10.7 Å². The van der Waals surface area contributed by atoms with Gasteiger partial charge < -0.3 is 26.3 Å². The number of nitrogens with zero attached hydrogens (tertiary/aromatic N) is 4. The number of aromatic nitrogens is 3. The lowest BCUT2D eigenvalue weighted by molar-refractivity contribution is -0.154. The van der Waals surface area contributed by atoms with Crippen molar-refractivity contribution in [3.05, 3.63) is 35.5 Å². The Kier molecular flexibility index (Phi) is 5.95. The number of aliphatic imine (C=N–C) groups is 1. The average Bonchev–Trinajstić information content (AvgIpc) is 2.70. The Morgan fingerprint density at radius 1 is 1.27 bits per heavy atom. The second-order valence-corrected chi connectivity index (χ2v) is 6.84. The minimum Gasteiger partial charge on any atom is -0.467 e. The first-order chi connectivity index (χ1) is 15.2. The van der Waals surface area contributed by atoms with Gasteiger partial charge in [0.05, 0.1) is 6.20 Å². The standard InChI is InChI=1S/C17H15F6N7O3/c1-15(16(19,20)5-33-14(25)30-15)11-7(18)2-3-8(27-11)28-13(31)10-12(24)29-9(4-26-10)32-6-17(21,22)23/h2-4H,5-6H2,1H3,(H2,24,29)(H2,25,30)(H,27,28,31). The van der Waals surface area contributed by atoms with E-state index in [9.17, 15) is 31.1 Å². The first-order valence-corrected chi connectivity index (χ1v) is 8.88. The second-order valence-electron chi connectivity index (χ2n) is 6.84. The highest BCUT2D eigenvalue weighted by atomic mass is 19.4. The molecule has 3 rings (SSSR count). The van der Waals surface area contributed by atoms with Crippen molar-refractivity contribution >= 4 is 23.6 Å². The van der Waals surface area contributed by atoms with Gasteiger partial charge in [-0.2, -0.15) is 26.9 Å². The number of amidine groups is 1. The molecule has 1 aliphatic rings. The quantitative estimate of drug-likeness (QED) is 0.551. The number of amides is 1. The summed E-state index contributed by atoms with van der Waals surface area (Å²) in [5.74, 6) is -7.47. The van der Waals surface area contributed by atoms with Crippen LogP contribution < -0.4 is 21.5 Å². The van der Waals surface area contributed by atoms with Gasteiger partial charge in [-0.1, -0.05) is 0 Å². The number of hydrogen-bond donors (Lipinski definition) is 3. The number of ether oxygens (including phenoxy) is 2. The fraction of sp³-hybridized carbons (Fsp3) is 0.353. The molecule has 0 spiro atoms. The molecular formula is C17H15F6N7O3. The zero-order valence-electron chi connectivity index (χ0n) is 16.6. The van der Waals surface area contributed by atoms with Crippen molar-refractivity contribution in [1.29, 1.82) is 0 Å². The third kappa shape index (κ3) is 4.98. The maximum absolute atomic E-state index is 14.5. The third-order valence-electron chi connectivity index (χ3n) is 4.37. The van der Waals surface area contributed by atoms with Gasteiger partial charge in [0.15, 0.2) is 30.3 Å². The van der Waals surface area contributed by atoms with Gasteiger partial charge in [0.2, 0.25) is 5.88 Å². The van der Waals surface area contributed by atoms with Crippen molar-refractivity contribution in [2.75, 3.05) is 24.3 Å². The minimum atomic E-state index is -4.63. The van der Waals surface area contributed by atoms with Crippen LogP contribution in [0.15, 0.2) is 23.3 Å². The number of halogens is 6. The maximum atomic E-state index is 14.5. The Labute approximate surface area is 181 Å². The van der Waals surface area contributed by atoms with Crippen molar-refractivity contribution in [3.63, 3.8) is 0 Å². The lowest BCUT2D eigenvalue weighted by Crippen LogP contribution is -2.51. The number of nitrogen functional groups attached to an aromatic ring is 1. The number of pyridine rings is 1. The summed E-state index contributed by atoms with van der Waals surface area (Å²) in [5.41, 5.74) is 6.99. The van der Waals surface area contributed by atoms with E-state index >= 15 is 0 Å². The molecule has 5 N–H and O–H groups in total. The van der Waals surface area contributed by atoms with Crippen LogP contribution in [0.2, 0.25) is 0 Å².